The van der Waals surface area contributed by atoms with Gasteiger partial charge in [0.2, 0.25) is 5.91 Å². The van der Waals surface area contributed by atoms with E-state index in [0.29, 0.717) is 24.7 Å². The highest BCUT2D eigenvalue weighted by atomic mass is 35.5. The van der Waals surface area contributed by atoms with Crippen LogP contribution in [0.1, 0.15) is 11.6 Å². The highest BCUT2D eigenvalue weighted by molar-refractivity contribution is 7.91. The standard InChI is InChI=1S/C16H18ClN3O3S2/c17-13-4-1-3-12(9-13)14-10-18-6-7-20(14)15(21)11-19-25(22,23)16-5-2-8-24-16/h1-5,8-9,14,18-19H,6-7,10-11H2. The zero-order valence-corrected chi connectivity index (χ0v) is 15.7. The molecule has 1 saturated heterocycles. The summed E-state index contributed by atoms with van der Waals surface area (Å²) in [5, 5.41) is 5.55. The molecule has 0 saturated carbocycles. The first-order valence-corrected chi connectivity index (χ1v) is 10.5. The van der Waals surface area contributed by atoms with Gasteiger partial charge in [-0.2, -0.15) is 0 Å². The number of carbonyl (C=O) groups excluding carboxylic acids is 1. The van der Waals surface area contributed by atoms with Crippen LogP contribution in [0.4, 0.5) is 0 Å². The topological polar surface area (TPSA) is 78.5 Å². The lowest BCUT2D eigenvalue weighted by Gasteiger charge is -2.36. The first kappa shape index (κ1) is 18.3. The summed E-state index contributed by atoms with van der Waals surface area (Å²) in [4.78, 5) is 14.3. The Balaban J connectivity index is 1.71. The van der Waals surface area contributed by atoms with Gasteiger partial charge in [-0.3, -0.25) is 4.79 Å². The fourth-order valence-corrected chi connectivity index (χ4v) is 4.97. The van der Waals surface area contributed by atoms with Crippen molar-refractivity contribution in [3.63, 3.8) is 0 Å². The van der Waals surface area contributed by atoms with Crippen molar-refractivity contribution in [3.05, 3.63) is 52.4 Å². The number of thiophene rings is 1. The number of amides is 1. The summed E-state index contributed by atoms with van der Waals surface area (Å²) < 4.78 is 26.9. The van der Waals surface area contributed by atoms with Gasteiger partial charge >= 0.3 is 0 Å². The van der Waals surface area contributed by atoms with Crippen molar-refractivity contribution in [3.8, 4) is 0 Å². The average molecular weight is 400 g/mol. The van der Waals surface area contributed by atoms with Crippen molar-refractivity contribution in [2.45, 2.75) is 10.3 Å². The maximum absolute atomic E-state index is 12.6. The average Bonchev–Trinajstić information content (AvgIpc) is 3.15. The van der Waals surface area contributed by atoms with Crippen molar-refractivity contribution in [2.24, 2.45) is 0 Å². The molecule has 134 valence electrons. The first-order valence-electron chi connectivity index (χ1n) is 7.76. The molecule has 1 aromatic heterocycles. The van der Waals surface area contributed by atoms with Crippen molar-refractivity contribution < 1.29 is 13.2 Å². The first-order chi connectivity index (χ1) is 12.0. The van der Waals surface area contributed by atoms with Crippen LogP contribution in [0.2, 0.25) is 5.02 Å². The molecule has 1 fully saturated rings. The number of piperazine rings is 1. The summed E-state index contributed by atoms with van der Waals surface area (Å²) in [6.07, 6.45) is 0. The summed E-state index contributed by atoms with van der Waals surface area (Å²) in [6.45, 7) is 1.51. The number of nitrogens with zero attached hydrogens (tertiary/aromatic N) is 1. The molecular formula is C16H18ClN3O3S2. The lowest BCUT2D eigenvalue weighted by Crippen LogP contribution is -2.51. The van der Waals surface area contributed by atoms with Crippen LogP contribution in [0.25, 0.3) is 0 Å². The third-order valence-corrected chi connectivity index (χ3v) is 7.00. The number of hydrogen-bond donors (Lipinski definition) is 2. The molecule has 2 aromatic rings. The van der Waals surface area contributed by atoms with Crippen molar-refractivity contribution in [1.29, 1.82) is 0 Å². The molecule has 0 bridgehead atoms. The van der Waals surface area contributed by atoms with Crippen molar-refractivity contribution in [2.75, 3.05) is 26.2 Å². The lowest BCUT2D eigenvalue weighted by atomic mass is 10.0. The Morgan fingerprint density at radius 1 is 1.36 bits per heavy atom. The Morgan fingerprint density at radius 2 is 2.20 bits per heavy atom. The molecule has 6 nitrogen and oxygen atoms in total. The molecule has 1 aliphatic rings. The van der Waals surface area contributed by atoms with Gasteiger partial charge in [0.25, 0.3) is 10.0 Å². The van der Waals surface area contributed by atoms with Gasteiger partial charge in [0.05, 0.1) is 12.6 Å². The minimum Gasteiger partial charge on any atom is -0.332 e. The van der Waals surface area contributed by atoms with Crippen LogP contribution in [-0.2, 0) is 14.8 Å². The van der Waals surface area contributed by atoms with Gasteiger partial charge in [0.1, 0.15) is 4.21 Å². The predicted molar refractivity (Wildman–Crippen MR) is 98.3 cm³/mol. The predicted octanol–water partition coefficient (Wildman–Crippen LogP) is 1.85. The number of nitrogens with one attached hydrogen (secondary N) is 2. The van der Waals surface area contributed by atoms with Gasteiger partial charge in [-0.15, -0.1) is 11.3 Å². The number of hydrogen-bond acceptors (Lipinski definition) is 5. The monoisotopic (exact) mass is 399 g/mol. The van der Waals surface area contributed by atoms with Crippen LogP contribution >= 0.6 is 22.9 Å². The van der Waals surface area contributed by atoms with E-state index in [1.54, 1.807) is 22.4 Å². The highest BCUT2D eigenvalue weighted by Crippen LogP contribution is 2.25. The molecule has 9 heteroatoms. The summed E-state index contributed by atoms with van der Waals surface area (Å²) in [5.74, 6) is -0.258. The number of benzene rings is 1. The van der Waals surface area contributed by atoms with E-state index in [9.17, 15) is 13.2 Å². The van der Waals surface area contributed by atoms with Gasteiger partial charge in [0.15, 0.2) is 0 Å². The SMILES string of the molecule is O=C(CNS(=O)(=O)c1cccs1)N1CCNCC1c1cccc(Cl)c1. The summed E-state index contributed by atoms with van der Waals surface area (Å²) in [6, 6.07) is 10.4. The van der Waals surface area contributed by atoms with Gasteiger partial charge in [-0.05, 0) is 29.1 Å². The summed E-state index contributed by atoms with van der Waals surface area (Å²) in [7, 11) is -3.66. The smallest absolute Gasteiger partial charge is 0.250 e. The second-order valence-corrected chi connectivity index (χ2v) is 9.00. The van der Waals surface area contributed by atoms with E-state index in [1.165, 1.54) is 6.07 Å². The Kier molecular flexibility index (Phi) is 5.75. The third kappa shape index (κ3) is 4.39. The van der Waals surface area contributed by atoms with Crippen molar-refractivity contribution in [1.82, 2.24) is 14.9 Å². The molecule has 0 radical (unpaired) electrons. The van der Waals surface area contributed by atoms with E-state index in [-0.39, 0.29) is 22.7 Å². The van der Waals surface area contributed by atoms with Crippen LogP contribution in [0.5, 0.6) is 0 Å². The second-order valence-electron chi connectivity index (χ2n) is 5.62. The Labute approximate surface area is 155 Å². The fourth-order valence-electron chi connectivity index (χ4n) is 2.76. The van der Waals surface area contributed by atoms with E-state index in [4.69, 9.17) is 11.6 Å². The maximum atomic E-state index is 12.6. The molecule has 0 spiro atoms. The minimum atomic E-state index is -3.66. The Bertz CT molecular complexity index is 840. The molecule has 2 N–H and O–H groups in total. The van der Waals surface area contributed by atoms with E-state index >= 15 is 0 Å². The second kappa shape index (κ2) is 7.84. The van der Waals surface area contributed by atoms with Crippen LogP contribution < -0.4 is 10.0 Å². The number of sulfonamides is 1. The number of carbonyl (C=O) groups is 1. The largest absolute Gasteiger partial charge is 0.332 e. The summed E-state index contributed by atoms with van der Waals surface area (Å²) in [5.41, 5.74) is 0.925. The van der Waals surface area contributed by atoms with E-state index in [0.717, 1.165) is 16.9 Å². The quantitative estimate of drug-likeness (QED) is 0.804. The highest BCUT2D eigenvalue weighted by Gasteiger charge is 2.28. The molecule has 1 aliphatic heterocycles. The third-order valence-electron chi connectivity index (χ3n) is 3.97. The van der Waals surface area contributed by atoms with Gasteiger partial charge in [-0.25, -0.2) is 13.1 Å². The zero-order chi connectivity index (χ0) is 17.9. The zero-order valence-electron chi connectivity index (χ0n) is 13.3. The Morgan fingerprint density at radius 3 is 2.92 bits per heavy atom. The van der Waals surface area contributed by atoms with Gasteiger partial charge < -0.3 is 10.2 Å². The minimum absolute atomic E-state index is 0.175. The molecule has 25 heavy (non-hydrogen) atoms. The van der Waals surface area contributed by atoms with Crippen LogP contribution in [0, 0.1) is 0 Å². The van der Waals surface area contributed by atoms with Crippen LogP contribution in [-0.4, -0.2) is 45.4 Å². The molecular weight excluding hydrogens is 382 g/mol. The maximum Gasteiger partial charge on any atom is 0.250 e. The van der Waals surface area contributed by atoms with Crippen LogP contribution in [0.15, 0.2) is 46.0 Å². The van der Waals surface area contributed by atoms with E-state index < -0.39 is 10.0 Å². The molecule has 1 aromatic carbocycles. The van der Waals surface area contributed by atoms with Gasteiger partial charge in [-0.1, -0.05) is 29.8 Å². The summed E-state index contributed by atoms with van der Waals surface area (Å²) >= 11 is 7.17. The van der Waals surface area contributed by atoms with Crippen LogP contribution in [0.3, 0.4) is 0 Å². The fraction of sp³-hybridized carbons (Fsp3) is 0.312. The molecule has 2 heterocycles. The molecule has 1 unspecified atom stereocenters. The molecule has 1 amide bonds. The lowest BCUT2D eigenvalue weighted by molar-refractivity contribution is -0.133. The van der Waals surface area contributed by atoms with Crippen molar-refractivity contribution >= 4 is 38.9 Å². The number of halogens is 1. The normalized spacial score (nSPS) is 18.3. The molecule has 1 atom stereocenters. The van der Waals surface area contributed by atoms with Gasteiger partial charge in [0, 0.05) is 24.7 Å². The number of rotatable bonds is 5. The van der Waals surface area contributed by atoms with E-state index in [1.807, 2.05) is 18.2 Å². The molecule has 0 aliphatic carbocycles. The van der Waals surface area contributed by atoms with E-state index in [2.05, 4.69) is 10.0 Å². The molecule has 3 rings (SSSR count). The Hall–Kier alpha value is -1.45.